The molecule has 0 spiro atoms. The second-order valence-electron chi connectivity index (χ2n) is 8.48. The van der Waals surface area contributed by atoms with Crippen molar-refractivity contribution in [3.8, 4) is 0 Å². The molecule has 0 aliphatic carbocycles. The minimum Gasteiger partial charge on any atom is -0.290 e. The number of hydrogen-bond acceptors (Lipinski definition) is 8. The van der Waals surface area contributed by atoms with Crippen molar-refractivity contribution in [3.63, 3.8) is 0 Å². The summed E-state index contributed by atoms with van der Waals surface area (Å²) in [5, 5.41) is 3.04. The number of benzene rings is 1. The second-order valence-corrected chi connectivity index (χ2v) is 8.48. The van der Waals surface area contributed by atoms with Crippen LogP contribution in [0, 0.1) is 24.6 Å². The first-order valence-corrected chi connectivity index (χ1v) is 11.2. The first-order chi connectivity index (χ1) is 16.8. The zero-order valence-corrected chi connectivity index (χ0v) is 19.6. The predicted molar refractivity (Wildman–Crippen MR) is 124 cm³/mol. The van der Waals surface area contributed by atoms with E-state index in [-0.39, 0.29) is 30.6 Å². The molecule has 35 heavy (non-hydrogen) atoms. The smallest absolute Gasteiger partial charge is 0.233 e. The van der Waals surface area contributed by atoms with Gasteiger partial charge in [-0.2, -0.15) is 0 Å². The molecule has 3 heterocycles. The van der Waals surface area contributed by atoms with Crippen molar-refractivity contribution >= 4 is 17.5 Å². The second kappa shape index (κ2) is 10.1. The maximum Gasteiger partial charge on any atom is 0.233 e. The molecular formula is C25H25FN6O3. The van der Waals surface area contributed by atoms with Gasteiger partial charge in [0.15, 0.2) is 11.6 Å². The molecule has 1 unspecified atom stereocenters. The summed E-state index contributed by atoms with van der Waals surface area (Å²) >= 11 is 0. The van der Waals surface area contributed by atoms with E-state index in [2.05, 4.69) is 19.9 Å². The van der Waals surface area contributed by atoms with E-state index in [1.165, 1.54) is 42.8 Å². The average Bonchev–Trinajstić information content (AvgIpc) is 2.89. The van der Waals surface area contributed by atoms with Crippen LogP contribution in [0.15, 0.2) is 55.1 Å². The lowest BCUT2D eigenvalue weighted by Crippen LogP contribution is -2.56. The van der Waals surface area contributed by atoms with Crippen LogP contribution in [0.5, 0.6) is 0 Å². The van der Waals surface area contributed by atoms with Gasteiger partial charge >= 0.3 is 0 Å². The summed E-state index contributed by atoms with van der Waals surface area (Å²) in [5.74, 6) is -3.89. The fourth-order valence-electron chi connectivity index (χ4n) is 4.58. The first kappa shape index (κ1) is 24.2. The van der Waals surface area contributed by atoms with Gasteiger partial charge in [-0.1, -0.05) is 12.1 Å². The molecule has 0 bridgehead atoms. The number of carbonyl (C=O) groups excluding carboxylic acids is 3. The third-order valence-corrected chi connectivity index (χ3v) is 6.48. The Hall–Kier alpha value is -3.92. The van der Waals surface area contributed by atoms with Crippen LogP contribution in [-0.4, -0.2) is 67.6 Å². The van der Waals surface area contributed by atoms with E-state index in [4.69, 9.17) is 0 Å². The van der Waals surface area contributed by atoms with Crippen LogP contribution >= 0.6 is 0 Å². The molecule has 1 aromatic carbocycles. The molecule has 9 nitrogen and oxygen atoms in total. The Morgan fingerprint density at radius 3 is 1.83 bits per heavy atom. The van der Waals surface area contributed by atoms with Crippen LogP contribution in [-0.2, 0) is 4.79 Å². The molecule has 2 aromatic heterocycles. The maximum atomic E-state index is 14.7. The van der Waals surface area contributed by atoms with Gasteiger partial charge in [-0.05, 0) is 36.2 Å². The van der Waals surface area contributed by atoms with Gasteiger partial charge in [-0.15, -0.1) is 0 Å². The van der Waals surface area contributed by atoms with Gasteiger partial charge in [-0.25, -0.2) is 29.3 Å². The standard InChI is InChI=1S/C25H25FN6O3/c1-15-17(7-4-8-20(15)26)21-18(22(34)24-27-9-5-10-28-24)13-32(31(3)16(2)33)14-19(21)23(35)25-29-11-6-12-30-25/h4-12,18-19,21H,13-14H2,1-3H3/t18-,19+,21?. The molecule has 0 N–H and O–H groups in total. The van der Waals surface area contributed by atoms with E-state index in [0.717, 1.165) is 0 Å². The van der Waals surface area contributed by atoms with Gasteiger partial charge in [0.2, 0.25) is 17.5 Å². The quantitative estimate of drug-likeness (QED) is 0.499. The van der Waals surface area contributed by atoms with Gasteiger partial charge in [0, 0.05) is 69.6 Å². The van der Waals surface area contributed by atoms with E-state index in [0.29, 0.717) is 11.1 Å². The van der Waals surface area contributed by atoms with Crippen LogP contribution in [0.2, 0.25) is 0 Å². The molecule has 180 valence electrons. The molecule has 1 saturated heterocycles. The number of aromatic nitrogens is 4. The molecule has 0 saturated carbocycles. The summed E-state index contributed by atoms with van der Waals surface area (Å²) in [5.41, 5.74) is 0.892. The lowest BCUT2D eigenvalue weighted by molar-refractivity contribution is -0.147. The highest BCUT2D eigenvalue weighted by Crippen LogP contribution is 2.42. The van der Waals surface area contributed by atoms with Crippen LogP contribution in [0.4, 0.5) is 4.39 Å². The zero-order valence-electron chi connectivity index (χ0n) is 19.6. The molecule has 1 fully saturated rings. The molecule has 3 aromatic rings. The van der Waals surface area contributed by atoms with Gasteiger partial charge in [0.05, 0.1) is 0 Å². The molecule has 1 amide bonds. The van der Waals surface area contributed by atoms with Crippen molar-refractivity contribution in [1.82, 2.24) is 30.0 Å². The number of hydrogen-bond donors (Lipinski definition) is 0. The fraction of sp³-hybridized carbons (Fsp3) is 0.320. The van der Waals surface area contributed by atoms with Crippen LogP contribution in [0.1, 0.15) is 45.2 Å². The third kappa shape index (κ3) is 4.83. The Bertz CT molecular complexity index is 1180. The Morgan fingerprint density at radius 1 is 0.886 bits per heavy atom. The zero-order chi connectivity index (χ0) is 25.1. The van der Waals surface area contributed by atoms with Crippen molar-refractivity contribution in [1.29, 1.82) is 0 Å². The van der Waals surface area contributed by atoms with Crippen molar-refractivity contribution in [2.75, 3.05) is 20.1 Å². The lowest BCUT2D eigenvalue weighted by Gasteiger charge is -2.45. The van der Waals surface area contributed by atoms with Crippen LogP contribution < -0.4 is 0 Å². The van der Waals surface area contributed by atoms with E-state index in [1.807, 2.05) is 0 Å². The summed E-state index contributed by atoms with van der Waals surface area (Å²) in [6.45, 7) is 3.26. The number of amides is 1. The normalized spacial score (nSPS) is 20.3. The van der Waals surface area contributed by atoms with Gasteiger partial charge in [0.25, 0.3) is 0 Å². The number of ketones is 2. The number of nitrogens with zero attached hydrogens (tertiary/aromatic N) is 6. The van der Waals surface area contributed by atoms with Crippen LogP contribution in [0.25, 0.3) is 0 Å². The number of carbonyl (C=O) groups is 3. The molecule has 3 atom stereocenters. The number of rotatable bonds is 6. The number of halogens is 1. The highest BCUT2D eigenvalue weighted by atomic mass is 19.1. The summed E-state index contributed by atoms with van der Waals surface area (Å²) in [6, 6.07) is 7.83. The minimum absolute atomic E-state index is 0.00829. The van der Waals surface area contributed by atoms with Crippen molar-refractivity contribution < 1.29 is 18.8 Å². The molecule has 4 rings (SSSR count). The van der Waals surface area contributed by atoms with Gasteiger partial charge < -0.3 is 0 Å². The SMILES string of the molecule is CC(=O)N(C)N1C[C@H](C(=O)c2ncccn2)C(c2cccc(F)c2C)[C@H](C(=O)c2ncccn2)C1. The van der Waals surface area contributed by atoms with Crippen molar-refractivity contribution in [3.05, 3.63) is 83.7 Å². The molecule has 10 heteroatoms. The first-order valence-electron chi connectivity index (χ1n) is 11.2. The average molecular weight is 477 g/mol. The van der Waals surface area contributed by atoms with Gasteiger partial charge in [0.1, 0.15) is 5.82 Å². The largest absolute Gasteiger partial charge is 0.290 e. The Balaban J connectivity index is 1.88. The highest BCUT2D eigenvalue weighted by Gasteiger charge is 2.47. The number of Topliss-reactive ketones (excluding diaryl/α,β-unsaturated/α-hetero) is 2. The summed E-state index contributed by atoms with van der Waals surface area (Å²) in [4.78, 5) is 56.1. The fourth-order valence-corrected chi connectivity index (χ4v) is 4.58. The summed E-state index contributed by atoms with van der Waals surface area (Å²) < 4.78 is 14.7. The Morgan fingerprint density at radius 2 is 1.37 bits per heavy atom. The summed E-state index contributed by atoms with van der Waals surface area (Å²) in [7, 11) is 1.58. The number of piperidine rings is 1. The van der Waals surface area contributed by atoms with Crippen molar-refractivity contribution in [2.24, 2.45) is 11.8 Å². The predicted octanol–water partition coefficient (Wildman–Crippen LogP) is 2.50. The highest BCUT2D eigenvalue weighted by molar-refractivity contribution is 5.99. The maximum absolute atomic E-state index is 14.7. The van der Waals surface area contributed by atoms with Gasteiger partial charge in [-0.3, -0.25) is 19.4 Å². The Labute approximate surface area is 202 Å². The van der Waals surface area contributed by atoms with E-state index >= 15 is 0 Å². The molecular weight excluding hydrogens is 451 g/mol. The van der Waals surface area contributed by atoms with E-state index in [1.54, 1.807) is 43.2 Å². The topological polar surface area (TPSA) is 109 Å². The third-order valence-electron chi connectivity index (χ3n) is 6.48. The van der Waals surface area contributed by atoms with E-state index < -0.39 is 35.1 Å². The summed E-state index contributed by atoms with van der Waals surface area (Å²) in [6.07, 6.45) is 5.85. The monoisotopic (exact) mass is 476 g/mol. The Kier molecular flexibility index (Phi) is 7.02. The molecule has 0 radical (unpaired) electrons. The minimum atomic E-state index is -0.842. The lowest BCUT2D eigenvalue weighted by atomic mass is 9.69. The van der Waals surface area contributed by atoms with Crippen LogP contribution in [0.3, 0.4) is 0 Å². The number of hydrazine groups is 1. The van der Waals surface area contributed by atoms with Crippen molar-refractivity contribution in [2.45, 2.75) is 19.8 Å². The van der Waals surface area contributed by atoms with E-state index in [9.17, 15) is 18.8 Å². The molecule has 1 aliphatic heterocycles. The molecule has 1 aliphatic rings.